The third kappa shape index (κ3) is 4.71. The minimum atomic E-state index is 0.0306. The van der Waals surface area contributed by atoms with Crippen LogP contribution in [0.3, 0.4) is 0 Å². The number of aromatic nitrogens is 2. The summed E-state index contributed by atoms with van der Waals surface area (Å²) in [5.41, 5.74) is 4.42. The number of nitrogens with zero attached hydrogens (tertiary/aromatic N) is 2. The molecule has 3 nitrogen and oxygen atoms in total. The molecular formula is C24H27ClN2O. The highest BCUT2D eigenvalue weighted by Crippen LogP contribution is 2.33. The Morgan fingerprint density at radius 3 is 2.00 bits per heavy atom. The van der Waals surface area contributed by atoms with E-state index < -0.39 is 0 Å². The van der Waals surface area contributed by atoms with Crippen molar-refractivity contribution in [2.45, 2.75) is 52.4 Å². The normalized spacial score (nSPS) is 12.7. The smallest absolute Gasteiger partial charge is 0.248 e. The van der Waals surface area contributed by atoms with Gasteiger partial charge in [-0.3, -0.25) is 0 Å². The van der Waals surface area contributed by atoms with Crippen LogP contribution in [0.2, 0.25) is 5.02 Å². The zero-order valence-electron chi connectivity index (χ0n) is 17.4. The van der Waals surface area contributed by atoms with E-state index in [9.17, 15) is 0 Å². The molecule has 0 radical (unpaired) electrons. The molecule has 0 saturated heterocycles. The summed E-state index contributed by atoms with van der Waals surface area (Å²) < 4.78 is 5.91. The van der Waals surface area contributed by atoms with Crippen LogP contribution in [0, 0.1) is 0 Å². The number of halogens is 1. The Morgan fingerprint density at radius 2 is 1.43 bits per heavy atom. The standard InChI is InChI=1S/C24H27ClN2O/c1-23(2,3)18-13-17(14-19(15-18)24(4,5)6)22-27-26-21(28-22)12-11-16-9-7-8-10-20(16)25/h7-15H,1-6H3/b12-11+. The Bertz CT molecular complexity index is 972. The van der Waals surface area contributed by atoms with Crippen molar-refractivity contribution in [2.75, 3.05) is 0 Å². The first kappa shape index (κ1) is 20.3. The quantitative estimate of drug-likeness (QED) is 0.473. The Labute approximate surface area is 172 Å². The molecule has 0 atom stereocenters. The van der Waals surface area contributed by atoms with E-state index in [1.54, 1.807) is 6.08 Å². The highest BCUT2D eigenvalue weighted by Gasteiger charge is 2.22. The summed E-state index contributed by atoms with van der Waals surface area (Å²) in [6.45, 7) is 13.3. The summed E-state index contributed by atoms with van der Waals surface area (Å²) in [5.74, 6) is 0.976. The van der Waals surface area contributed by atoms with E-state index in [0.29, 0.717) is 16.8 Å². The first-order valence-corrected chi connectivity index (χ1v) is 9.84. The first-order valence-electron chi connectivity index (χ1n) is 9.46. The zero-order valence-corrected chi connectivity index (χ0v) is 18.1. The fourth-order valence-electron chi connectivity index (χ4n) is 2.81. The van der Waals surface area contributed by atoms with Gasteiger partial charge in [-0.05, 0) is 51.8 Å². The van der Waals surface area contributed by atoms with Crippen molar-refractivity contribution in [3.8, 4) is 11.5 Å². The fraction of sp³-hybridized carbons (Fsp3) is 0.333. The van der Waals surface area contributed by atoms with Gasteiger partial charge in [0.2, 0.25) is 11.8 Å². The molecule has 2 aromatic carbocycles. The number of rotatable bonds is 3. The monoisotopic (exact) mass is 394 g/mol. The topological polar surface area (TPSA) is 38.9 Å². The molecule has 1 aromatic heterocycles. The van der Waals surface area contributed by atoms with Gasteiger partial charge in [-0.15, -0.1) is 10.2 Å². The second-order valence-electron chi connectivity index (χ2n) is 9.10. The first-order chi connectivity index (χ1) is 13.0. The van der Waals surface area contributed by atoms with Gasteiger partial charge in [0.05, 0.1) is 0 Å². The summed E-state index contributed by atoms with van der Waals surface area (Å²) in [7, 11) is 0. The molecule has 0 aliphatic heterocycles. The second kappa shape index (κ2) is 7.56. The fourth-order valence-corrected chi connectivity index (χ4v) is 3.01. The maximum Gasteiger partial charge on any atom is 0.248 e. The molecule has 3 rings (SSSR count). The van der Waals surface area contributed by atoms with Crippen molar-refractivity contribution in [1.82, 2.24) is 10.2 Å². The van der Waals surface area contributed by atoms with E-state index in [4.69, 9.17) is 16.0 Å². The molecule has 4 heteroatoms. The maximum absolute atomic E-state index is 6.19. The lowest BCUT2D eigenvalue weighted by atomic mass is 9.79. The molecule has 1 heterocycles. The molecule has 0 aliphatic rings. The molecule has 3 aromatic rings. The van der Waals surface area contributed by atoms with Crippen molar-refractivity contribution < 1.29 is 4.42 Å². The molecule has 0 amide bonds. The van der Waals surface area contributed by atoms with Crippen LogP contribution in [0.15, 0.2) is 46.9 Å². The molecule has 0 fully saturated rings. The summed E-state index contributed by atoms with van der Waals surface area (Å²) >= 11 is 6.19. The van der Waals surface area contributed by atoms with Gasteiger partial charge in [-0.2, -0.15) is 0 Å². The molecule has 0 spiro atoms. The van der Waals surface area contributed by atoms with Crippen LogP contribution in [-0.4, -0.2) is 10.2 Å². The van der Waals surface area contributed by atoms with E-state index in [1.165, 1.54) is 11.1 Å². The van der Waals surface area contributed by atoms with Crippen LogP contribution in [0.5, 0.6) is 0 Å². The average molecular weight is 395 g/mol. The lowest BCUT2D eigenvalue weighted by Gasteiger charge is -2.25. The van der Waals surface area contributed by atoms with E-state index in [2.05, 4.69) is 69.9 Å². The molecule has 28 heavy (non-hydrogen) atoms. The van der Waals surface area contributed by atoms with Crippen molar-refractivity contribution in [3.05, 3.63) is 70.1 Å². The summed E-state index contributed by atoms with van der Waals surface area (Å²) in [6, 6.07) is 14.2. The van der Waals surface area contributed by atoms with Crippen molar-refractivity contribution in [1.29, 1.82) is 0 Å². The minimum Gasteiger partial charge on any atom is -0.417 e. The van der Waals surface area contributed by atoms with Gasteiger partial charge in [0, 0.05) is 16.7 Å². The molecule has 0 unspecified atom stereocenters. The SMILES string of the molecule is CC(C)(C)c1cc(-c2nnc(/C=C/c3ccccc3Cl)o2)cc(C(C)(C)C)c1. The predicted molar refractivity (Wildman–Crippen MR) is 118 cm³/mol. The van der Waals surface area contributed by atoms with E-state index in [0.717, 1.165) is 11.1 Å². The summed E-state index contributed by atoms with van der Waals surface area (Å²) in [6.07, 6.45) is 3.67. The predicted octanol–water partition coefficient (Wildman–Crippen LogP) is 7.16. The van der Waals surface area contributed by atoms with Gasteiger partial charge in [0.15, 0.2) is 0 Å². The Balaban J connectivity index is 1.97. The molecule has 146 valence electrons. The van der Waals surface area contributed by atoms with Crippen LogP contribution in [0.4, 0.5) is 0 Å². The molecule has 0 aliphatic carbocycles. The average Bonchev–Trinajstić information content (AvgIpc) is 3.08. The van der Waals surface area contributed by atoms with Gasteiger partial charge in [0.1, 0.15) is 0 Å². The van der Waals surface area contributed by atoms with Crippen LogP contribution in [-0.2, 0) is 10.8 Å². The summed E-state index contributed by atoms with van der Waals surface area (Å²) in [5, 5.41) is 9.13. The Kier molecular flexibility index (Phi) is 5.49. The highest BCUT2D eigenvalue weighted by atomic mass is 35.5. The minimum absolute atomic E-state index is 0.0306. The van der Waals surface area contributed by atoms with Crippen molar-refractivity contribution >= 4 is 23.8 Å². The largest absolute Gasteiger partial charge is 0.417 e. The van der Waals surface area contributed by atoms with Gasteiger partial charge in [-0.25, -0.2) is 0 Å². The van der Waals surface area contributed by atoms with E-state index >= 15 is 0 Å². The molecule has 0 N–H and O–H groups in total. The molecule has 0 saturated carbocycles. The third-order valence-corrected chi connectivity index (χ3v) is 5.01. The molecule has 0 bridgehead atoms. The molecular weight excluding hydrogens is 368 g/mol. The maximum atomic E-state index is 6.19. The van der Waals surface area contributed by atoms with Crippen LogP contribution >= 0.6 is 11.6 Å². The van der Waals surface area contributed by atoms with Gasteiger partial charge in [-0.1, -0.05) is 77.4 Å². The lowest BCUT2D eigenvalue weighted by Crippen LogP contribution is -2.16. The van der Waals surface area contributed by atoms with Crippen molar-refractivity contribution in [3.63, 3.8) is 0 Å². The summed E-state index contributed by atoms with van der Waals surface area (Å²) in [4.78, 5) is 0. The lowest BCUT2D eigenvalue weighted by molar-refractivity contribution is 0.552. The van der Waals surface area contributed by atoms with E-state index in [1.807, 2.05) is 30.3 Å². The number of benzene rings is 2. The van der Waals surface area contributed by atoms with Crippen LogP contribution < -0.4 is 0 Å². The highest BCUT2D eigenvalue weighted by molar-refractivity contribution is 6.32. The number of hydrogen-bond donors (Lipinski definition) is 0. The Morgan fingerprint density at radius 1 is 0.821 bits per heavy atom. The van der Waals surface area contributed by atoms with Crippen molar-refractivity contribution in [2.24, 2.45) is 0 Å². The number of hydrogen-bond acceptors (Lipinski definition) is 3. The Hall–Kier alpha value is -2.39. The van der Waals surface area contributed by atoms with Crippen LogP contribution in [0.25, 0.3) is 23.6 Å². The second-order valence-corrected chi connectivity index (χ2v) is 9.51. The van der Waals surface area contributed by atoms with E-state index in [-0.39, 0.29) is 10.8 Å². The van der Waals surface area contributed by atoms with Crippen LogP contribution in [0.1, 0.15) is 64.1 Å². The third-order valence-electron chi connectivity index (χ3n) is 4.66. The van der Waals surface area contributed by atoms with Gasteiger partial charge < -0.3 is 4.42 Å². The van der Waals surface area contributed by atoms with Gasteiger partial charge in [0.25, 0.3) is 0 Å². The van der Waals surface area contributed by atoms with Gasteiger partial charge >= 0.3 is 0 Å². The zero-order chi connectivity index (χ0) is 20.5.